The monoisotopic (exact) mass is 342 g/mol. The molecule has 0 saturated heterocycles. The number of unbranched alkanes of at least 4 members (excludes halogenated alkanes) is 1. The van der Waals surface area contributed by atoms with Gasteiger partial charge in [0.05, 0.1) is 0 Å². The van der Waals surface area contributed by atoms with Gasteiger partial charge in [0.25, 0.3) is 5.91 Å². The van der Waals surface area contributed by atoms with Crippen LogP contribution >= 0.6 is 0 Å². The summed E-state index contributed by atoms with van der Waals surface area (Å²) in [5, 5.41) is 9.27. The number of hydrogen-bond donors (Lipinski definition) is 3. The lowest BCUT2D eigenvalue weighted by Gasteiger charge is -2.12. The van der Waals surface area contributed by atoms with Crippen molar-refractivity contribution in [3.05, 3.63) is 54.2 Å². The highest BCUT2D eigenvalue weighted by Crippen LogP contribution is 2.17. The summed E-state index contributed by atoms with van der Waals surface area (Å²) in [4.78, 5) is 15.5. The highest BCUT2D eigenvalue weighted by molar-refractivity contribution is 5.77. The van der Waals surface area contributed by atoms with Crippen LogP contribution in [0, 0.1) is 0 Å². The third-order valence-electron chi connectivity index (χ3n) is 3.68. The number of nitrogens with zero attached hydrogens (tertiary/aromatic N) is 1. The summed E-state index contributed by atoms with van der Waals surface area (Å²) in [6.07, 6.45) is 3.92. The van der Waals surface area contributed by atoms with E-state index in [-0.39, 0.29) is 12.5 Å². The van der Waals surface area contributed by atoms with Crippen LogP contribution in [-0.2, 0) is 11.3 Å². The maximum absolute atomic E-state index is 11.3. The molecule has 6 heteroatoms. The molecule has 0 atom stereocenters. The zero-order valence-corrected chi connectivity index (χ0v) is 14.6. The topological polar surface area (TPSA) is 75.3 Å². The van der Waals surface area contributed by atoms with Gasteiger partial charge in [-0.25, -0.2) is 4.98 Å². The van der Waals surface area contributed by atoms with E-state index in [0.29, 0.717) is 0 Å². The van der Waals surface area contributed by atoms with Crippen molar-refractivity contribution in [2.75, 3.05) is 32.1 Å². The fourth-order valence-electron chi connectivity index (χ4n) is 2.29. The molecular formula is C19H26N4O2. The Bertz CT molecular complexity index is 634. The van der Waals surface area contributed by atoms with Crippen molar-refractivity contribution in [1.29, 1.82) is 0 Å². The number of aromatic nitrogens is 1. The van der Waals surface area contributed by atoms with Crippen LogP contribution in [0.2, 0.25) is 0 Å². The average Bonchev–Trinajstić information content (AvgIpc) is 2.67. The van der Waals surface area contributed by atoms with Crippen molar-refractivity contribution in [3.8, 4) is 5.75 Å². The van der Waals surface area contributed by atoms with Crippen LogP contribution in [0.1, 0.15) is 18.4 Å². The van der Waals surface area contributed by atoms with Crippen LogP contribution in [0.25, 0.3) is 0 Å². The smallest absolute Gasteiger partial charge is 0.257 e. The minimum Gasteiger partial charge on any atom is -0.483 e. The van der Waals surface area contributed by atoms with E-state index in [1.807, 2.05) is 42.5 Å². The standard InChI is InChI=1S/C19H26N4O2/c1-20-19(24)15-25-17-9-3-2-8-16(17)14-21-11-6-7-13-23-18-10-4-5-12-22-18/h2-5,8-10,12,21H,6-7,11,13-15H2,1H3,(H,20,24)(H,22,23). The summed E-state index contributed by atoms with van der Waals surface area (Å²) < 4.78 is 5.57. The first-order valence-electron chi connectivity index (χ1n) is 8.56. The van der Waals surface area contributed by atoms with Gasteiger partial charge in [0.15, 0.2) is 6.61 Å². The number of carbonyl (C=O) groups excluding carboxylic acids is 1. The number of ether oxygens (including phenoxy) is 1. The van der Waals surface area contributed by atoms with E-state index < -0.39 is 0 Å². The lowest BCUT2D eigenvalue weighted by Crippen LogP contribution is -2.25. The fourth-order valence-corrected chi connectivity index (χ4v) is 2.29. The second kappa shape index (κ2) is 11.0. The largest absolute Gasteiger partial charge is 0.483 e. The predicted molar refractivity (Wildman–Crippen MR) is 99.7 cm³/mol. The van der Waals surface area contributed by atoms with Crippen LogP contribution in [0.5, 0.6) is 5.75 Å². The molecule has 0 saturated carbocycles. The van der Waals surface area contributed by atoms with E-state index in [0.717, 1.165) is 49.6 Å². The average molecular weight is 342 g/mol. The Kier molecular flexibility index (Phi) is 8.27. The van der Waals surface area contributed by atoms with E-state index in [2.05, 4.69) is 20.9 Å². The number of likely N-dealkylation sites (N-methyl/N-ethyl adjacent to an activating group) is 1. The first-order valence-corrected chi connectivity index (χ1v) is 8.56. The summed E-state index contributed by atoms with van der Waals surface area (Å²) in [5.74, 6) is 1.52. The van der Waals surface area contributed by atoms with Gasteiger partial charge in [-0.3, -0.25) is 4.79 Å². The number of pyridine rings is 1. The molecular weight excluding hydrogens is 316 g/mol. The predicted octanol–water partition coefficient (Wildman–Crippen LogP) is 2.19. The Hall–Kier alpha value is -2.60. The van der Waals surface area contributed by atoms with Gasteiger partial charge in [-0.1, -0.05) is 24.3 Å². The van der Waals surface area contributed by atoms with Gasteiger partial charge in [0, 0.05) is 31.9 Å². The Morgan fingerprint density at radius 1 is 1.08 bits per heavy atom. The summed E-state index contributed by atoms with van der Waals surface area (Å²) in [6.45, 7) is 2.59. The zero-order chi connectivity index (χ0) is 17.7. The third-order valence-corrected chi connectivity index (χ3v) is 3.68. The van der Waals surface area contributed by atoms with Gasteiger partial charge in [-0.05, 0) is 37.6 Å². The molecule has 1 aromatic carbocycles. The quantitative estimate of drug-likeness (QED) is 0.546. The minimum atomic E-state index is -0.136. The lowest BCUT2D eigenvalue weighted by atomic mass is 10.2. The molecule has 0 aliphatic heterocycles. The van der Waals surface area contributed by atoms with Gasteiger partial charge in [-0.2, -0.15) is 0 Å². The molecule has 0 fully saturated rings. The number of rotatable bonds is 11. The van der Waals surface area contributed by atoms with Gasteiger partial charge in [0.2, 0.25) is 0 Å². The van der Waals surface area contributed by atoms with Gasteiger partial charge < -0.3 is 20.7 Å². The fraction of sp³-hybridized carbons (Fsp3) is 0.368. The summed E-state index contributed by atoms with van der Waals surface area (Å²) in [6, 6.07) is 13.6. The molecule has 0 aliphatic rings. The van der Waals surface area contributed by atoms with Crippen molar-refractivity contribution in [2.24, 2.45) is 0 Å². The van der Waals surface area contributed by atoms with Crippen molar-refractivity contribution in [3.63, 3.8) is 0 Å². The molecule has 1 aromatic heterocycles. The van der Waals surface area contributed by atoms with Crippen LogP contribution in [-0.4, -0.2) is 37.6 Å². The molecule has 25 heavy (non-hydrogen) atoms. The number of para-hydroxylation sites is 1. The number of nitrogens with one attached hydrogen (secondary N) is 3. The van der Waals surface area contributed by atoms with Crippen LogP contribution in [0.15, 0.2) is 48.7 Å². The van der Waals surface area contributed by atoms with Gasteiger partial charge >= 0.3 is 0 Å². The SMILES string of the molecule is CNC(=O)COc1ccccc1CNCCCCNc1ccccn1. The van der Waals surface area contributed by atoms with Crippen LogP contribution in [0.3, 0.4) is 0 Å². The minimum absolute atomic E-state index is 0.0344. The van der Waals surface area contributed by atoms with Crippen molar-refractivity contribution < 1.29 is 9.53 Å². The second-order valence-electron chi connectivity index (χ2n) is 5.60. The first kappa shape index (κ1) is 18.7. The van der Waals surface area contributed by atoms with Gasteiger partial charge in [-0.15, -0.1) is 0 Å². The van der Waals surface area contributed by atoms with E-state index >= 15 is 0 Å². The molecule has 0 bridgehead atoms. The second-order valence-corrected chi connectivity index (χ2v) is 5.60. The van der Waals surface area contributed by atoms with Crippen molar-refractivity contribution >= 4 is 11.7 Å². The van der Waals surface area contributed by atoms with Crippen molar-refractivity contribution in [2.45, 2.75) is 19.4 Å². The van der Waals surface area contributed by atoms with E-state index in [1.165, 1.54) is 0 Å². The molecule has 2 rings (SSSR count). The normalized spacial score (nSPS) is 10.3. The van der Waals surface area contributed by atoms with Crippen LogP contribution < -0.4 is 20.7 Å². The Morgan fingerprint density at radius 3 is 2.68 bits per heavy atom. The number of benzene rings is 1. The number of amides is 1. The number of carbonyl (C=O) groups is 1. The molecule has 0 radical (unpaired) electrons. The molecule has 1 heterocycles. The molecule has 1 amide bonds. The molecule has 3 N–H and O–H groups in total. The molecule has 2 aromatic rings. The van der Waals surface area contributed by atoms with E-state index in [1.54, 1.807) is 13.2 Å². The molecule has 0 aliphatic carbocycles. The zero-order valence-electron chi connectivity index (χ0n) is 14.6. The third kappa shape index (κ3) is 7.22. The van der Waals surface area contributed by atoms with E-state index in [4.69, 9.17) is 4.74 Å². The summed E-state index contributed by atoms with van der Waals surface area (Å²) in [5.41, 5.74) is 1.05. The highest BCUT2D eigenvalue weighted by atomic mass is 16.5. The first-order chi connectivity index (χ1) is 12.3. The lowest BCUT2D eigenvalue weighted by molar-refractivity contribution is -0.122. The molecule has 6 nitrogen and oxygen atoms in total. The Morgan fingerprint density at radius 2 is 1.88 bits per heavy atom. The van der Waals surface area contributed by atoms with Crippen molar-refractivity contribution in [1.82, 2.24) is 15.6 Å². The summed E-state index contributed by atoms with van der Waals surface area (Å²) >= 11 is 0. The Labute approximate surface area is 149 Å². The number of anilines is 1. The molecule has 0 spiro atoms. The summed E-state index contributed by atoms with van der Waals surface area (Å²) in [7, 11) is 1.60. The van der Waals surface area contributed by atoms with E-state index in [9.17, 15) is 4.79 Å². The highest BCUT2D eigenvalue weighted by Gasteiger charge is 2.05. The maximum Gasteiger partial charge on any atom is 0.257 e. The number of hydrogen-bond acceptors (Lipinski definition) is 5. The Balaban J connectivity index is 1.62. The van der Waals surface area contributed by atoms with Crippen LogP contribution in [0.4, 0.5) is 5.82 Å². The molecule has 134 valence electrons. The maximum atomic E-state index is 11.3. The molecule has 0 unspecified atom stereocenters. The van der Waals surface area contributed by atoms with Gasteiger partial charge in [0.1, 0.15) is 11.6 Å².